The van der Waals surface area contributed by atoms with Gasteiger partial charge in [-0.3, -0.25) is 9.59 Å². The molecular weight excluding hydrogens is 366 g/mol. The summed E-state index contributed by atoms with van der Waals surface area (Å²) in [6.45, 7) is 1.88. The Bertz CT molecular complexity index is 812. The second-order valence-corrected chi connectivity index (χ2v) is 8.26. The van der Waals surface area contributed by atoms with Gasteiger partial charge in [-0.15, -0.1) is 0 Å². The zero-order valence-corrected chi connectivity index (χ0v) is 16.8. The topological polar surface area (TPSA) is 80.1 Å². The first kappa shape index (κ1) is 19.6. The van der Waals surface area contributed by atoms with Gasteiger partial charge in [-0.05, 0) is 42.9 Å². The van der Waals surface area contributed by atoms with Crippen molar-refractivity contribution < 1.29 is 9.59 Å². The van der Waals surface area contributed by atoms with Gasteiger partial charge in [0.15, 0.2) is 0 Å². The first-order valence-corrected chi connectivity index (χ1v) is 10.7. The molecule has 29 heavy (non-hydrogen) atoms. The summed E-state index contributed by atoms with van der Waals surface area (Å²) in [5, 5.41) is 7.16. The van der Waals surface area contributed by atoms with Crippen LogP contribution >= 0.6 is 0 Å². The number of nitrogens with zero attached hydrogens (tertiary/aromatic N) is 4. The monoisotopic (exact) mass is 395 g/mol. The third-order valence-corrected chi connectivity index (χ3v) is 6.16. The molecule has 7 nitrogen and oxygen atoms in total. The van der Waals surface area contributed by atoms with Crippen LogP contribution in [0.5, 0.6) is 0 Å². The van der Waals surface area contributed by atoms with Gasteiger partial charge in [0.05, 0.1) is 11.6 Å². The zero-order chi connectivity index (χ0) is 20.1. The molecule has 4 rings (SSSR count). The SMILES string of the molecule is O=C(NCc1ccc(-n2cncn2)cc1)[C@H]1CCC(=O)N(CC2CCCCC2)C1. The third-order valence-electron chi connectivity index (χ3n) is 6.16. The van der Waals surface area contributed by atoms with Gasteiger partial charge in [-0.25, -0.2) is 9.67 Å². The van der Waals surface area contributed by atoms with Crippen molar-refractivity contribution >= 4 is 11.8 Å². The molecule has 2 aliphatic rings. The van der Waals surface area contributed by atoms with Crippen LogP contribution in [0.2, 0.25) is 0 Å². The van der Waals surface area contributed by atoms with Gasteiger partial charge in [0, 0.05) is 26.1 Å². The molecule has 2 aromatic rings. The van der Waals surface area contributed by atoms with E-state index in [1.807, 2.05) is 29.2 Å². The van der Waals surface area contributed by atoms with Crippen molar-refractivity contribution in [2.45, 2.75) is 51.5 Å². The van der Waals surface area contributed by atoms with Crippen LogP contribution in [0.4, 0.5) is 0 Å². The van der Waals surface area contributed by atoms with E-state index in [-0.39, 0.29) is 17.7 Å². The second-order valence-electron chi connectivity index (χ2n) is 8.26. The summed E-state index contributed by atoms with van der Waals surface area (Å²) in [7, 11) is 0. The van der Waals surface area contributed by atoms with Crippen LogP contribution in [0.1, 0.15) is 50.5 Å². The third kappa shape index (κ3) is 5.02. The molecule has 1 aliphatic heterocycles. The molecule has 1 saturated heterocycles. The van der Waals surface area contributed by atoms with Gasteiger partial charge >= 0.3 is 0 Å². The second kappa shape index (κ2) is 9.20. The van der Waals surface area contributed by atoms with Gasteiger partial charge in [0.1, 0.15) is 12.7 Å². The minimum atomic E-state index is -0.106. The Hall–Kier alpha value is -2.70. The number of likely N-dealkylation sites (tertiary alicyclic amines) is 1. The molecule has 1 N–H and O–H groups in total. The number of aromatic nitrogens is 3. The first-order valence-electron chi connectivity index (χ1n) is 10.7. The molecule has 1 aromatic carbocycles. The van der Waals surface area contributed by atoms with Crippen molar-refractivity contribution in [3.05, 3.63) is 42.5 Å². The van der Waals surface area contributed by atoms with E-state index in [0.29, 0.717) is 31.8 Å². The van der Waals surface area contributed by atoms with E-state index in [2.05, 4.69) is 15.4 Å². The normalized spacial score (nSPS) is 20.6. The minimum Gasteiger partial charge on any atom is -0.352 e. The molecule has 154 valence electrons. The summed E-state index contributed by atoms with van der Waals surface area (Å²) in [6.07, 6.45) is 10.6. The van der Waals surface area contributed by atoms with Crippen molar-refractivity contribution in [3.63, 3.8) is 0 Å². The Morgan fingerprint density at radius 2 is 1.90 bits per heavy atom. The highest BCUT2D eigenvalue weighted by Gasteiger charge is 2.31. The number of amides is 2. The molecule has 1 aliphatic carbocycles. The highest BCUT2D eigenvalue weighted by molar-refractivity contribution is 5.83. The molecule has 2 amide bonds. The lowest BCUT2D eigenvalue weighted by molar-refractivity contribution is -0.139. The molecule has 1 aromatic heterocycles. The molecule has 2 fully saturated rings. The fraction of sp³-hybridized carbons (Fsp3) is 0.545. The van der Waals surface area contributed by atoms with Crippen molar-refractivity contribution in [1.29, 1.82) is 0 Å². The molecular formula is C22H29N5O2. The van der Waals surface area contributed by atoms with Crippen molar-refractivity contribution in [2.75, 3.05) is 13.1 Å². The Morgan fingerprint density at radius 1 is 1.10 bits per heavy atom. The van der Waals surface area contributed by atoms with E-state index in [0.717, 1.165) is 17.8 Å². The van der Waals surface area contributed by atoms with Gasteiger partial charge < -0.3 is 10.2 Å². The summed E-state index contributed by atoms with van der Waals surface area (Å²) in [6, 6.07) is 7.89. The maximum atomic E-state index is 12.7. The molecule has 0 radical (unpaired) electrons. The predicted octanol–water partition coefficient (Wildman–Crippen LogP) is 2.70. The van der Waals surface area contributed by atoms with Crippen LogP contribution in [0, 0.1) is 11.8 Å². The number of nitrogens with one attached hydrogen (secondary N) is 1. The standard InChI is InChI=1S/C22H29N5O2/c28-21-11-8-19(14-26(21)13-18-4-2-1-3-5-18)22(29)24-12-17-6-9-20(10-7-17)27-16-23-15-25-27/h6-7,9-10,15-16,18-19H,1-5,8,11-14H2,(H,24,29)/t19-/m0/s1. The molecule has 0 bridgehead atoms. The van der Waals surface area contributed by atoms with Crippen molar-refractivity contribution in [1.82, 2.24) is 25.0 Å². The summed E-state index contributed by atoms with van der Waals surface area (Å²) in [5.41, 5.74) is 1.97. The number of carbonyl (C=O) groups is 2. The minimum absolute atomic E-state index is 0.0477. The first-order chi connectivity index (χ1) is 14.2. The van der Waals surface area contributed by atoms with Crippen LogP contribution in [-0.2, 0) is 16.1 Å². The lowest BCUT2D eigenvalue weighted by atomic mass is 9.87. The average Bonchev–Trinajstić information content (AvgIpc) is 3.30. The maximum Gasteiger partial charge on any atom is 0.225 e. The number of piperidine rings is 1. The van der Waals surface area contributed by atoms with Crippen LogP contribution < -0.4 is 5.32 Å². The van der Waals surface area contributed by atoms with E-state index in [9.17, 15) is 9.59 Å². The quantitative estimate of drug-likeness (QED) is 0.816. The van der Waals surface area contributed by atoms with Gasteiger partial charge in [0.25, 0.3) is 0 Å². The summed E-state index contributed by atoms with van der Waals surface area (Å²) in [4.78, 5) is 30.9. The summed E-state index contributed by atoms with van der Waals surface area (Å²) >= 11 is 0. The number of rotatable bonds is 6. The van der Waals surface area contributed by atoms with Gasteiger partial charge in [0.2, 0.25) is 11.8 Å². The highest BCUT2D eigenvalue weighted by Crippen LogP contribution is 2.27. The van der Waals surface area contributed by atoms with Crippen molar-refractivity contribution in [2.24, 2.45) is 11.8 Å². The lowest BCUT2D eigenvalue weighted by Gasteiger charge is -2.35. The van der Waals surface area contributed by atoms with E-state index < -0.39 is 0 Å². The lowest BCUT2D eigenvalue weighted by Crippen LogP contribution is -2.47. The summed E-state index contributed by atoms with van der Waals surface area (Å²) in [5.74, 6) is 0.763. The molecule has 1 saturated carbocycles. The molecule has 0 spiro atoms. The van der Waals surface area contributed by atoms with Gasteiger partial charge in [-0.2, -0.15) is 5.10 Å². The van der Waals surface area contributed by atoms with Crippen LogP contribution in [0.25, 0.3) is 5.69 Å². The van der Waals surface area contributed by atoms with Crippen LogP contribution in [0.15, 0.2) is 36.9 Å². The van der Waals surface area contributed by atoms with E-state index in [4.69, 9.17) is 0 Å². The molecule has 7 heteroatoms. The highest BCUT2D eigenvalue weighted by atomic mass is 16.2. The molecule has 1 atom stereocenters. The van der Waals surface area contributed by atoms with Crippen LogP contribution in [0.3, 0.4) is 0 Å². The predicted molar refractivity (Wildman–Crippen MR) is 109 cm³/mol. The Balaban J connectivity index is 1.28. The summed E-state index contributed by atoms with van der Waals surface area (Å²) < 4.78 is 1.70. The number of hydrogen-bond donors (Lipinski definition) is 1. The number of benzene rings is 1. The molecule has 2 heterocycles. The van der Waals surface area contributed by atoms with E-state index in [1.165, 1.54) is 38.4 Å². The number of hydrogen-bond acceptors (Lipinski definition) is 4. The fourth-order valence-corrected chi connectivity index (χ4v) is 4.43. The van der Waals surface area contributed by atoms with Crippen molar-refractivity contribution in [3.8, 4) is 5.69 Å². The Labute approximate surface area is 171 Å². The van der Waals surface area contributed by atoms with Crippen LogP contribution in [-0.4, -0.2) is 44.6 Å². The van der Waals surface area contributed by atoms with E-state index in [1.54, 1.807) is 11.0 Å². The number of carbonyl (C=O) groups excluding carboxylic acids is 2. The Morgan fingerprint density at radius 3 is 2.62 bits per heavy atom. The van der Waals surface area contributed by atoms with Gasteiger partial charge in [-0.1, -0.05) is 31.4 Å². The molecule has 0 unspecified atom stereocenters. The van der Waals surface area contributed by atoms with E-state index >= 15 is 0 Å². The smallest absolute Gasteiger partial charge is 0.225 e. The maximum absolute atomic E-state index is 12.7. The Kier molecular flexibility index (Phi) is 6.22. The fourth-order valence-electron chi connectivity index (χ4n) is 4.43. The zero-order valence-electron chi connectivity index (χ0n) is 16.8. The average molecular weight is 396 g/mol. The largest absolute Gasteiger partial charge is 0.352 e.